The van der Waals surface area contributed by atoms with E-state index in [4.69, 9.17) is 0 Å². The van der Waals surface area contributed by atoms with E-state index >= 15 is 0 Å². The van der Waals surface area contributed by atoms with E-state index in [1.165, 1.54) is 12.0 Å². The number of rotatable bonds is 5. The van der Waals surface area contributed by atoms with Crippen molar-refractivity contribution >= 4 is 5.69 Å². The molecule has 0 saturated heterocycles. The van der Waals surface area contributed by atoms with Crippen LogP contribution in [-0.2, 0) is 13.1 Å². The third-order valence-electron chi connectivity index (χ3n) is 2.42. The normalized spacial score (nSPS) is 10.3. The van der Waals surface area contributed by atoms with Crippen LogP contribution in [0.5, 0.6) is 0 Å². The summed E-state index contributed by atoms with van der Waals surface area (Å²) in [4.78, 5) is 7.93. The molecule has 0 fully saturated rings. The number of aromatic nitrogens is 3. The lowest BCUT2D eigenvalue weighted by Gasteiger charge is -2.09. The fourth-order valence-corrected chi connectivity index (χ4v) is 1.65. The van der Waals surface area contributed by atoms with Crippen molar-refractivity contribution in [2.24, 2.45) is 0 Å². The van der Waals surface area contributed by atoms with Crippen LogP contribution in [0.1, 0.15) is 19.0 Å². The van der Waals surface area contributed by atoms with E-state index in [2.05, 4.69) is 45.1 Å². The molecule has 0 unspecified atom stereocenters. The number of hydrogen-bond acceptors (Lipinski definition) is 3. The van der Waals surface area contributed by atoms with Crippen LogP contribution in [0.3, 0.4) is 0 Å². The van der Waals surface area contributed by atoms with Gasteiger partial charge in [0.15, 0.2) is 0 Å². The molecule has 4 heteroatoms. The van der Waals surface area contributed by atoms with Gasteiger partial charge in [0.1, 0.15) is 6.33 Å². The van der Waals surface area contributed by atoms with E-state index in [1.54, 1.807) is 12.4 Å². The van der Waals surface area contributed by atoms with Crippen molar-refractivity contribution < 1.29 is 0 Å². The first-order chi connectivity index (χ1) is 7.90. The molecule has 0 saturated carbocycles. The first kappa shape index (κ1) is 10.7. The predicted octanol–water partition coefficient (Wildman–Crippen LogP) is 2.30. The Balaban J connectivity index is 1.97. The van der Waals surface area contributed by atoms with Gasteiger partial charge in [-0.3, -0.25) is 0 Å². The molecular weight excluding hydrogens is 200 g/mol. The first-order valence-corrected chi connectivity index (χ1v) is 5.53. The van der Waals surface area contributed by atoms with Crippen molar-refractivity contribution in [3.63, 3.8) is 0 Å². The second-order valence-corrected chi connectivity index (χ2v) is 3.67. The zero-order valence-corrected chi connectivity index (χ0v) is 9.43. The molecular formula is C12H16N4. The molecule has 4 nitrogen and oxygen atoms in total. The molecule has 0 radical (unpaired) electrons. The Morgan fingerprint density at radius 3 is 2.88 bits per heavy atom. The Hall–Kier alpha value is -1.84. The van der Waals surface area contributed by atoms with Crippen molar-refractivity contribution in [3.8, 4) is 0 Å². The van der Waals surface area contributed by atoms with Crippen LogP contribution < -0.4 is 5.32 Å². The summed E-state index contributed by atoms with van der Waals surface area (Å²) in [5.74, 6) is 0. The number of nitrogens with zero attached hydrogens (tertiary/aromatic N) is 3. The van der Waals surface area contributed by atoms with Gasteiger partial charge in [0, 0.05) is 18.4 Å². The Morgan fingerprint density at radius 1 is 1.31 bits per heavy atom. The highest BCUT2D eigenvalue weighted by atomic mass is 15.0. The van der Waals surface area contributed by atoms with Crippen molar-refractivity contribution in [1.29, 1.82) is 0 Å². The Labute approximate surface area is 95.4 Å². The summed E-state index contributed by atoms with van der Waals surface area (Å²) in [7, 11) is 0. The van der Waals surface area contributed by atoms with Gasteiger partial charge in [0.25, 0.3) is 0 Å². The summed E-state index contributed by atoms with van der Waals surface area (Å²) in [6, 6.07) is 4.21. The minimum absolute atomic E-state index is 0.806. The van der Waals surface area contributed by atoms with Gasteiger partial charge in [0.2, 0.25) is 0 Å². The van der Waals surface area contributed by atoms with Crippen LogP contribution in [0.2, 0.25) is 0 Å². The van der Waals surface area contributed by atoms with Gasteiger partial charge in [0.05, 0.1) is 24.6 Å². The highest BCUT2D eigenvalue weighted by Crippen LogP contribution is 2.07. The van der Waals surface area contributed by atoms with Crippen molar-refractivity contribution in [2.75, 3.05) is 5.32 Å². The predicted molar refractivity (Wildman–Crippen MR) is 64.1 cm³/mol. The quantitative estimate of drug-likeness (QED) is 0.834. The Kier molecular flexibility index (Phi) is 3.53. The minimum atomic E-state index is 0.806. The standard InChI is InChI=1S/C12H16N4/c1-2-5-16-6-3-4-12(16)9-15-11-7-13-10-14-8-11/h3-4,6-8,10,15H,2,5,9H2,1H3. The molecule has 0 bridgehead atoms. The number of hydrogen-bond donors (Lipinski definition) is 1. The van der Waals surface area contributed by atoms with Crippen LogP contribution in [0.25, 0.3) is 0 Å². The lowest BCUT2D eigenvalue weighted by molar-refractivity contribution is 0.654. The van der Waals surface area contributed by atoms with Gasteiger partial charge in [-0.05, 0) is 18.6 Å². The topological polar surface area (TPSA) is 42.7 Å². The summed E-state index contributed by atoms with van der Waals surface area (Å²) < 4.78 is 2.26. The van der Waals surface area contributed by atoms with Crippen molar-refractivity contribution in [2.45, 2.75) is 26.4 Å². The highest BCUT2D eigenvalue weighted by Gasteiger charge is 1.99. The maximum atomic E-state index is 3.96. The second-order valence-electron chi connectivity index (χ2n) is 3.67. The van der Waals surface area contributed by atoms with Crippen LogP contribution in [0.15, 0.2) is 37.1 Å². The summed E-state index contributed by atoms with van der Waals surface area (Å²) in [5.41, 5.74) is 2.23. The third kappa shape index (κ3) is 2.59. The van der Waals surface area contributed by atoms with E-state index in [1.807, 2.05) is 0 Å². The maximum Gasteiger partial charge on any atom is 0.115 e. The van der Waals surface area contributed by atoms with Gasteiger partial charge < -0.3 is 9.88 Å². The van der Waals surface area contributed by atoms with Gasteiger partial charge in [-0.1, -0.05) is 6.92 Å². The zero-order chi connectivity index (χ0) is 11.2. The van der Waals surface area contributed by atoms with Crippen LogP contribution >= 0.6 is 0 Å². The molecule has 0 atom stereocenters. The summed E-state index contributed by atoms with van der Waals surface area (Å²) >= 11 is 0. The number of nitrogens with one attached hydrogen (secondary N) is 1. The fourth-order valence-electron chi connectivity index (χ4n) is 1.65. The SMILES string of the molecule is CCCn1cccc1CNc1cncnc1. The first-order valence-electron chi connectivity index (χ1n) is 5.53. The largest absolute Gasteiger partial charge is 0.377 e. The molecule has 2 rings (SSSR count). The molecule has 0 aliphatic heterocycles. The number of aryl methyl sites for hydroxylation is 1. The van der Waals surface area contributed by atoms with E-state index < -0.39 is 0 Å². The molecule has 84 valence electrons. The fraction of sp³-hybridized carbons (Fsp3) is 0.333. The molecule has 0 aliphatic carbocycles. The lowest BCUT2D eigenvalue weighted by atomic mass is 10.4. The maximum absolute atomic E-state index is 3.96. The van der Waals surface area contributed by atoms with E-state index in [0.717, 1.165) is 25.2 Å². The number of anilines is 1. The van der Waals surface area contributed by atoms with Crippen molar-refractivity contribution in [1.82, 2.24) is 14.5 Å². The molecule has 0 aliphatic rings. The van der Waals surface area contributed by atoms with Crippen LogP contribution in [-0.4, -0.2) is 14.5 Å². The molecule has 0 spiro atoms. The highest BCUT2D eigenvalue weighted by molar-refractivity contribution is 5.37. The molecule has 2 aromatic heterocycles. The minimum Gasteiger partial charge on any atom is -0.377 e. The average Bonchev–Trinajstić information content (AvgIpc) is 2.76. The molecule has 2 heterocycles. The smallest absolute Gasteiger partial charge is 0.115 e. The molecule has 1 N–H and O–H groups in total. The van der Waals surface area contributed by atoms with Gasteiger partial charge in [-0.15, -0.1) is 0 Å². The lowest BCUT2D eigenvalue weighted by Crippen LogP contribution is -2.07. The van der Waals surface area contributed by atoms with Crippen LogP contribution in [0, 0.1) is 0 Å². The monoisotopic (exact) mass is 216 g/mol. The van der Waals surface area contributed by atoms with E-state index in [-0.39, 0.29) is 0 Å². The second kappa shape index (κ2) is 5.30. The zero-order valence-electron chi connectivity index (χ0n) is 9.43. The summed E-state index contributed by atoms with van der Waals surface area (Å²) in [6.45, 7) is 4.05. The Morgan fingerprint density at radius 2 is 2.12 bits per heavy atom. The van der Waals surface area contributed by atoms with Gasteiger partial charge >= 0.3 is 0 Å². The van der Waals surface area contributed by atoms with Crippen molar-refractivity contribution in [3.05, 3.63) is 42.7 Å². The molecule has 16 heavy (non-hydrogen) atoms. The molecule has 0 aromatic carbocycles. The van der Waals surface area contributed by atoms with E-state index in [9.17, 15) is 0 Å². The summed E-state index contributed by atoms with van der Waals surface area (Å²) in [6.07, 6.45) is 8.35. The molecule has 2 aromatic rings. The summed E-state index contributed by atoms with van der Waals surface area (Å²) in [5, 5.41) is 3.30. The molecule has 0 amide bonds. The average molecular weight is 216 g/mol. The van der Waals surface area contributed by atoms with Gasteiger partial charge in [-0.2, -0.15) is 0 Å². The van der Waals surface area contributed by atoms with E-state index in [0.29, 0.717) is 0 Å². The third-order valence-corrected chi connectivity index (χ3v) is 2.42. The van der Waals surface area contributed by atoms with Gasteiger partial charge in [-0.25, -0.2) is 9.97 Å². The van der Waals surface area contributed by atoms with Crippen LogP contribution in [0.4, 0.5) is 5.69 Å². The Bertz CT molecular complexity index is 422.